The van der Waals surface area contributed by atoms with Crippen LogP contribution in [0.4, 0.5) is 9.39 Å². The third-order valence-corrected chi connectivity index (χ3v) is 6.70. The molecule has 2 heterocycles. The molecule has 5 heteroatoms. The van der Waals surface area contributed by atoms with E-state index in [0.717, 1.165) is 36.9 Å². The highest BCUT2D eigenvalue weighted by Gasteiger charge is 2.23. The molecule has 0 aliphatic carbocycles. The molecule has 150 valence electrons. The van der Waals surface area contributed by atoms with Crippen molar-refractivity contribution in [3.05, 3.63) is 75.4 Å². The van der Waals surface area contributed by atoms with Crippen LogP contribution < -0.4 is 4.90 Å². The minimum absolute atomic E-state index is 0.157. The van der Waals surface area contributed by atoms with Crippen LogP contribution in [0, 0.1) is 12.7 Å². The second kappa shape index (κ2) is 8.68. The lowest BCUT2D eigenvalue weighted by Crippen LogP contribution is -2.36. The molecule has 1 aromatic heterocycles. The first-order valence-electron chi connectivity index (χ1n) is 9.99. The van der Waals surface area contributed by atoms with E-state index in [0.29, 0.717) is 0 Å². The second-order valence-corrected chi connectivity index (χ2v) is 9.05. The van der Waals surface area contributed by atoms with Crippen molar-refractivity contribution in [3.63, 3.8) is 0 Å². The van der Waals surface area contributed by atoms with Crippen molar-refractivity contribution in [3.8, 4) is 11.1 Å². The number of aliphatic imine (C=N–C) groups is 1. The average molecular weight is 427 g/mol. The minimum Gasteiger partial charge on any atom is -0.341 e. The number of benzene rings is 2. The lowest BCUT2D eigenvalue weighted by molar-refractivity contribution is 0.581. The first kappa shape index (κ1) is 20.1. The quantitative estimate of drug-likeness (QED) is 0.409. The van der Waals surface area contributed by atoms with Crippen molar-refractivity contribution in [2.75, 3.05) is 11.4 Å². The van der Waals surface area contributed by atoms with Crippen LogP contribution in [-0.2, 0) is 6.42 Å². The summed E-state index contributed by atoms with van der Waals surface area (Å²) in [7, 11) is 0. The van der Waals surface area contributed by atoms with Gasteiger partial charge in [-0.25, -0.2) is 4.39 Å². The van der Waals surface area contributed by atoms with Gasteiger partial charge in [-0.15, -0.1) is 11.3 Å². The summed E-state index contributed by atoms with van der Waals surface area (Å²) in [5, 5.41) is 1.51. The van der Waals surface area contributed by atoms with Gasteiger partial charge in [-0.2, -0.15) is 0 Å². The van der Waals surface area contributed by atoms with Gasteiger partial charge >= 0.3 is 0 Å². The van der Waals surface area contributed by atoms with Gasteiger partial charge in [0.25, 0.3) is 0 Å². The van der Waals surface area contributed by atoms with Crippen molar-refractivity contribution in [2.24, 2.45) is 4.99 Å². The largest absolute Gasteiger partial charge is 0.341 e. The normalized spacial score (nSPS) is 15.6. The van der Waals surface area contributed by atoms with Crippen LogP contribution in [0.5, 0.6) is 0 Å². The lowest BCUT2D eigenvalue weighted by Gasteiger charge is -2.32. The fraction of sp³-hybridized carbons (Fsp3) is 0.292. The Morgan fingerprint density at radius 3 is 2.59 bits per heavy atom. The Hall–Kier alpha value is -2.17. The molecule has 1 atom stereocenters. The molecule has 3 aromatic rings. The lowest BCUT2D eigenvalue weighted by atomic mass is 10.0. The summed E-state index contributed by atoms with van der Waals surface area (Å²) in [5.41, 5.74) is 4.53. The molecular formula is C24H24ClFN2S. The Labute approximate surface area is 180 Å². The van der Waals surface area contributed by atoms with E-state index < -0.39 is 0 Å². The van der Waals surface area contributed by atoms with Gasteiger partial charge in [0, 0.05) is 23.2 Å². The molecule has 0 saturated carbocycles. The van der Waals surface area contributed by atoms with Gasteiger partial charge in [-0.05, 0) is 61.1 Å². The van der Waals surface area contributed by atoms with E-state index in [-0.39, 0.29) is 17.0 Å². The molecule has 2 nitrogen and oxygen atoms in total. The number of halogens is 2. The van der Waals surface area contributed by atoms with Gasteiger partial charge in [-0.3, -0.25) is 4.99 Å². The molecule has 0 saturated heterocycles. The van der Waals surface area contributed by atoms with Crippen molar-refractivity contribution in [1.29, 1.82) is 0 Å². The first-order chi connectivity index (χ1) is 14.0. The van der Waals surface area contributed by atoms with Crippen LogP contribution in [0.1, 0.15) is 35.8 Å². The van der Waals surface area contributed by atoms with Crippen LogP contribution in [0.3, 0.4) is 0 Å². The molecule has 1 unspecified atom stereocenters. The molecule has 1 aliphatic heterocycles. The first-order valence-corrected chi connectivity index (χ1v) is 11.2. The van der Waals surface area contributed by atoms with Crippen LogP contribution in [0.25, 0.3) is 11.1 Å². The molecule has 0 fully saturated rings. The second-order valence-electron chi connectivity index (χ2n) is 7.41. The molecule has 0 N–H and O–H groups in total. The highest BCUT2D eigenvalue weighted by atomic mass is 35.5. The van der Waals surface area contributed by atoms with Crippen molar-refractivity contribution in [1.82, 2.24) is 0 Å². The SMILES string of the molecule is CCC1N=Cc2cc(C)sc2N1CCCc1ccc(-c2ccc(F)c(Cl)c2)cc1. The zero-order chi connectivity index (χ0) is 20.4. The number of aryl methyl sites for hydroxylation is 2. The topological polar surface area (TPSA) is 15.6 Å². The molecule has 0 bridgehead atoms. The Kier molecular flexibility index (Phi) is 6.02. The predicted octanol–water partition coefficient (Wildman–Crippen LogP) is 7.12. The molecule has 0 radical (unpaired) electrons. The standard InChI is InChI=1S/C24H24ClFN2S/c1-3-23-27-15-20-13-16(2)29-24(20)28(23)12-4-5-17-6-8-18(9-7-17)19-10-11-22(26)21(25)14-19/h6-11,13-15,23H,3-5,12H2,1-2H3. The Bertz CT molecular complexity index is 1030. The van der Waals surface area contributed by atoms with Gasteiger partial charge < -0.3 is 4.90 Å². The van der Waals surface area contributed by atoms with Crippen molar-refractivity contribution in [2.45, 2.75) is 39.3 Å². The third kappa shape index (κ3) is 4.39. The smallest absolute Gasteiger partial charge is 0.141 e. The van der Waals surface area contributed by atoms with E-state index in [1.165, 1.54) is 27.1 Å². The Balaban J connectivity index is 1.40. The summed E-state index contributed by atoms with van der Waals surface area (Å²) in [6, 6.07) is 15.5. The van der Waals surface area contributed by atoms with Gasteiger partial charge in [0.05, 0.1) is 5.02 Å². The number of rotatable bonds is 6. The van der Waals surface area contributed by atoms with Crippen LogP contribution in [0.2, 0.25) is 5.02 Å². The van der Waals surface area contributed by atoms with E-state index in [2.05, 4.69) is 49.1 Å². The summed E-state index contributed by atoms with van der Waals surface area (Å²) in [4.78, 5) is 8.53. The molecule has 29 heavy (non-hydrogen) atoms. The monoisotopic (exact) mass is 426 g/mol. The average Bonchev–Trinajstić information content (AvgIpc) is 3.11. The number of nitrogens with zero attached hydrogens (tertiary/aromatic N) is 2. The van der Waals surface area contributed by atoms with Gasteiger partial charge in [-0.1, -0.05) is 48.9 Å². The number of hydrogen-bond acceptors (Lipinski definition) is 3. The summed E-state index contributed by atoms with van der Waals surface area (Å²) in [5.74, 6) is -0.386. The fourth-order valence-electron chi connectivity index (χ4n) is 3.79. The molecular weight excluding hydrogens is 403 g/mol. The number of fused-ring (bicyclic) bond motifs is 1. The van der Waals surface area contributed by atoms with E-state index in [1.54, 1.807) is 12.1 Å². The number of thiophene rings is 1. The zero-order valence-corrected chi connectivity index (χ0v) is 18.2. The zero-order valence-electron chi connectivity index (χ0n) is 16.7. The van der Waals surface area contributed by atoms with Crippen molar-refractivity contribution < 1.29 is 4.39 Å². The van der Waals surface area contributed by atoms with E-state index >= 15 is 0 Å². The number of anilines is 1. The highest BCUT2D eigenvalue weighted by molar-refractivity contribution is 7.16. The summed E-state index contributed by atoms with van der Waals surface area (Å²) >= 11 is 7.77. The molecule has 0 spiro atoms. The van der Waals surface area contributed by atoms with Gasteiger partial charge in [0.15, 0.2) is 0 Å². The molecule has 4 rings (SSSR count). The molecule has 1 aliphatic rings. The predicted molar refractivity (Wildman–Crippen MR) is 123 cm³/mol. The Morgan fingerprint density at radius 1 is 1.10 bits per heavy atom. The van der Waals surface area contributed by atoms with Gasteiger partial charge in [0.1, 0.15) is 17.0 Å². The third-order valence-electron chi connectivity index (χ3n) is 5.31. The Morgan fingerprint density at radius 2 is 1.86 bits per heavy atom. The van der Waals surface area contributed by atoms with Crippen LogP contribution in [-0.4, -0.2) is 18.9 Å². The van der Waals surface area contributed by atoms with Crippen molar-refractivity contribution >= 4 is 34.2 Å². The number of hydrogen-bond donors (Lipinski definition) is 0. The minimum atomic E-state index is -0.386. The molecule has 0 amide bonds. The van der Waals surface area contributed by atoms with E-state index in [9.17, 15) is 4.39 Å². The maximum Gasteiger partial charge on any atom is 0.141 e. The fourth-order valence-corrected chi connectivity index (χ4v) is 5.02. The van der Waals surface area contributed by atoms with Gasteiger partial charge in [0.2, 0.25) is 0 Å². The van der Waals surface area contributed by atoms with E-state index in [4.69, 9.17) is 16.6 Å². The highest BCUT2D eigenvalue weighted by Crippen LogP contribution is 2.35. The van der Waals surface area contributed by atoms with E-state index in [1.807, 2.05) is 17.6 Å². The maximum atomic E-state index is 13.4. The maximum absolute atomic E-state index is 13.4. The summed E-state index contributed by atoms with van der Waals surface area (Å²) in [6.07, 6.45) is 5.38. The van der Waals surface area contributed by atoms with Crippen LogP contribution in [0.15, 0.2) is 53.5 Å². The molecule has 2 aromatic carbocycles. The summed E-state index contributed by atoms with van der Waals surface area (Å²) in [6.45, 7) is 5.35. The van der Waals surface area contributed by atoms with Crippen LogP contribution >= 0.6 is 22.9 Å². The summed E-state index contributed by atoms with van der Waals surface area (Å²) < 4.78 is 13.4.